The Hall–Kier alpha value is -2.18. The molecule has 0 saturated heterocycles. The van der Waals surface area contributed by atoms with E-state index >= 15 is 0 Å². The van der Waals surface area contributed by atoms with E-state index in [9.17, 15) is 13.2 Å². The van der Waals surface area contributed by atoms with E-state index in [0.29, 0.717) is 5.56 Å². The normalized spacial score (nSPS) is 11.6. The second-order valence-electron chi connectivity index (χ2n) is 3.70. The zero-order valence-electron chi connectivity index (χ0n) is 9.40. The topological polar surface area (TPSA) is 53.1 Å². The summed E-state index contributed by atoms with van der Waals surface area (Å²) in [6, 6.07) is 3.81. The van der Waals surface area contributed by atoms with Gasteiger partial charge in [-0.3, -0.25) is 4.68 Å². The monoisotopic (exact) mass is 257 g/mol. The second kappa shape index (κ2) is 4.25. The number of aromatic nitrogens is 2. The van der Waals surface area contributed by atoms with Gasteiger partial charge in [0, 0.05) is 36.1 Å². The molecule has 4 nitrogen and oxygen atoms in total. The Labute approximate surface area is 101 Å². The molecule has 1 aromatic carbocycles. The lowest BCUT2D eigenvalue weighted by Crippen LogP contribution is -2.17. The van der Waals surface area contributed by atoms with Gasteiger partial charge in [-0.2, -0.15) is 5.10 Å². The first-order valence-corrected chi connectivity index (χ1v) is 4.99. The summed E-state index contributed by atoms with van der Waals surface area (Å²) < 4.78 is 41.4. The zero-order chi connectivity index (χ0) is 13.3. The number of ether oxygens (including phenoxy) is 1. The van der Waals surface area contributed by atoms with Crippen molar-refractivity contribution in [3.8, 4) is 16.9 Å². The number of nitrogen functional groups attached to an aromatic ring is 1. The van der Waals surface area contributed by atoms with Gasteiger partial charge in [0.25, 0.3) is 0 Å². The lowest BCUT2D eigenvalue weighted by atomic mass is 10.1. The van der Waals surface area contributed by atoms with Gasteiger partial charge in [-0.05, 0) is 12.1 Å². The lowest BCUT2D eigenvalue weighted by Gasteiger charge is -2.10. The Morgan fingerprint density at radius 3 is 2.56 bits per heavy atom. The van der Waals surface area contributed by atoms with Crippen LogP contribution in [0, 0.1) is 0 Å². The summed E-state index contributed by atoms with van der Waals surface area (Å²) >= 11 is 0. The minimum absolute atomic E-state index is 0.199. The van der Waals surface area contributed by atoms with E-state index in [1.54, 1.807) is 24.1 Å². The number of alkyl halides is 3. The van der Waals surface area contributed by atoms with Gasteiger partial charge in [0.2, 0.25) is 0 Å². The Balaban J connectivity index is 2.31. The van der Waals surface area contributed by atoms with Crippen LogP contribution in [0.15, 0.2) is 30.6 Å². The van der Waals surface area contributed by atoms with Crippen molar-refractivity contribution in [3.63, 3.8) is 0 Å². The number of hydrogen-bond donors (Lipinski definition) is 1. The molecule has 0 radical (unpaired) electrons. The lowest BCUT2D eigenvalue weighted by molar-refractivity contribution is -0.274. The minimum atomic E-state index is -4.72. The molecule has 7 heteroatoms. The van der Waals surface area contributed by atoms with Crippen LogP contribution in [-0.4, -0.2) is 16.1 Å². The number of nitrogens with two attached hydrogens (primary N) is 1. The average Bonchev–Trinajstić information content (AvgIpc) is 2.62. The van der Waals surface area contributed by atoms with Gasteiger partial charge in [-0.15, -0.1) is 13.2 Å². The highest BCUT2D eigenvalue weighted by Crippen LogP contribution is 2.31. The molecular formula is C11H10F3N3O. The molecular weight excluding hydrogens is 247 g/mol. The van der Waals surface area contributed by atoms with E-state index in [2.05, 4.69) is 9.84 Å². The van der Waals surface area contributed by atoms with Crippen LogP contribution >= 0.6 is 0 Å². The Kier molecular flexibility index (Phi) is 2.90. The van der Waals surface area contributed by atoms with E-state index in [1.807, 2.05) is 0 Å². The van der Waals surface area contributed by atoms with Gasteiger partial charge in [-0.1, -0.05) is 0 Å². The highest BCUT2D eigenvalue weighted by atomic mass is 19.4. The second-order valence-corrected chi connectivity index (χ2v) is 3.70. The van der Waals surface area contributed by atoms with Crippen molar-refractivity contribution in [1.82, 2.24) is 9.78 Å². The summed E-state index contributed by atoms with van der Waals surface area (Å²) in [5, 5.41) is 3.97. The van der Waals surface area contributed by atoms with Crippen molar-refractivity contribution < 1.29 is 17.9 Å². The molecule has 0 aliphatic carbocycles. The van der Waals surface area contributed by atoms with Crippen LogP contribution in [0.1, 0.15) is 0 Å². The van der Waals surface area contributed by atoms with Crippen molar-refractivity contribution in [2.24, 2.45) is 7.05 Å². The number of halogens is 3. The van der Waals surface area contributed by atoms with Crippen molar-refractivity contribution in [2.45, 2.75) is 6.36 Å². The molecule has 2 N–H and O–H groups in total. The number of benzene rings is 1. The summed E-state index contributed by atoms with van der Waals surface area (Å²) in [6.45, 7) is 0. The highest BCUT2D eigenvalue weighted by molar-refractivity contribution is 5.76. The van der Waals surface area contributed by atoms with Gasteiger partial charge in [0.05, 0.1) is 6.20 Å². The van der Waals surface area contributed by atoms with Crippen molar-refractivity contribution in [3.05, 3.63) is 30.6 Å². The van der Waals surface area contributed by atoms with Gasteiger partial charge in [0.15, 0.2) is 0 Å². The molecule has 0 atom stereocenters. The fourth-order valence-electron chi connectivity index (χ4n) is 1.56. The quantitative estimate of drug-likeness (QED) is 0.841. The summed E-state index contributed by atoms with van der Waals surface area (Å²) in [4.78, 5) is 0. The SMILES string of the molecule is Cn1cc(-c2ccc(OC(F)(F)F)cc2N)cn1. The van der Waals surface area contributed by atoms with E-state index in [1.165, 1.54) is 12.1 Å². The first-order valence-electron chi connectivity index (χ1n) is 4.99. The van der Waals surface area contributed by atoms with Crippen LogP contribution in [0.2, 0.25) is 0 Å². The maximum atomic E-state index is 12.0. The minimum Gasteiger partial charge on any atom is -0.406 e. The number of hydrogen-bond acceptors (Lipinski definition) is 3. The fourth-order valence-corrected chi connectivity index (χ4v) is 1.56. The molecule has 1 heterocycles. The summed E-state index contributed by atoms with van der Waals surface area (Å²) in [7, 11) is 1.74. The van der Waals surface area contributed by atoms with Gasteiger partial charge < -0.3 is 10.5 Å². The molecule has 0 unspecified atom stereocenters. The third kappa shape index (κ3) is 2.73. The first-order chi connectivity index (χ1) is 8.35. The largest absolute Gasteiger partial charge is 0.573 e. The maximum Gasteiger partial charge on any atom is 0.573 e. The predicted octanol–water partition coefficient (Wildman–Crippen LogP) is 2.57. The molecule has 0 fully saturated rings. The van der Waals surface area contributed by atoms with Crippen LogP contribution in [0.3, 0.4) is 0 Å². The Bertz CT molecular complexity index is 563. The van der Waals surface area contributed by atoms with Crippen molar-refractivity contribution in [1.29, 1.82) is 0 Å². The summed E-state index contributed by atoms with van der Waals surface area (Å²) in [5.41, 5.74) is 7.24. The number of nitrogens with zero attached hydrogens (tertiary/aromatic N) is 2. The van der Waals surface area contributed by atoms with Gasteiger partial charge in [-0.25, -0.2) is 0 Å². The molecule has 0 aliphatic rings. The smallest absolute Gasteiger partial charge is 0.406 e. The van der Waals surface area contributed by atoms with Crippen LogP contribution in [0.25, 0.3) is 11.1 Å². The number of aryl methyl sites for hydroxylation is 1. The van der Waals surface area contributed by atoms with Crippen LogP contribution < -0.4 is 10.5 Å². The Morgan fingerprint density at radius 2 is 2.06 bits per heavy atom. The third-order valence-electron chi connectivity index (χ3n) is 2.27. The van der Waals surface area contributed by atoms with Crippen LogP contribution in [0.5, 0.6) is 5.75 Å². The van der Waals surface area contributed by atoms with Crippen molar-refractivity contribution >= 4 is 5.69 Å². The standard InChI is InChI=1S/C11H10F3N3O/c1-17-6-7(5-16-17)9-3-2-8(4-10(9)15)18-11(12,13)14/h2-6H,15H2,1H3. The molecule has 2 rings (SSSR count). The molecule has 1 aromatic heterocycles. The average molecular weight is 257 g/mol. The zero-order valence-corrected chi connectivity index (χ0v) is 9.40. The molecule has 0 spiro atoms. The molecule has 0 amide bonds. The first kappa shape index (κ1) is 12.3. The number of anilines is 1. The summed E-state index contributed by atoms with van der Waals surface area (Å²) in [5.74, 6) is -0.340. The fraction of sp³-hybridized carbons (Fsp3) is 0.182. The van der Waals surface area contributed by atoms with E-state index in [0.717, 1.165) is 11.6 Å². The molecule has 18 heavy (non-hydrogen) atoms. The van der Waals surface area contributed by atoms with Crippen LogP contribution in [0.4, 0.5) is 18.9 Å². The molecule has 0 saturated carbocycles. The van der Waals surface area contributed by atoms with E-state index in [4.69, 9.17) is 5.73 Å². The molecule has 0 bridgehead atoms. The molecule has 2 aromatic rings. The van der Waals surface area contributed by atoms with Gasteiger partial charge in [0.1, 0.15) is 5.75 Å². The Morgan fingerprint density at radius 1 is 1.33 bits per heavy atom. The van der Waals surface area contributed by atoms with Crippen molar-refractivity contribution in [2.75, 3.05) is 5.73 Å². The highest BCUT2D eigenvalue weighted by Gasteiger charge is 2.31. The molecule has 0 aliphatic heterocycles. The van der Waals surface area contributed by atoms with E-state index < -0.39 is 6.36 Å². The predicted molar refractivity (Wildman–Crippen MR) is 59.7 cm³/mol. The third-order valence-corrected chi connectivity index (χ3v) is 2.27. The van der Waals surface area contributed by atoms with Crippen LogP contribution in [-0.2, 0) is 7.05 Å². The van der Waals surface area contributed by atoms with Gasteiger partial charge >= 0.3 is 6.36 Å². The summed E-state index contributed by atoms with van der Waals surface area (Å²) in [6.07, 6.45) is -1.42. The number of rotatable bonds is 2. The molecule has 96 valence electrons. The maximum absolute atomic E-state index is 12.0. The van der Waals surface area contributed by atoms with E-state index in [-0.39, 0.29) is 11.4 Å².